The van der Waals surface area contributed by atoms with Crippen LogP contribution in [-0.2, 0) is 16.1 Å². The molecular formula is C23H19BrClN3O3. The first-order valence-corrected chi connectivity index (χ1v) is 10.9. The smallest absolute Gasteiger partial charge is 0.295 e. The van der Waals surface area contributed by atoms with E-state index in [4.69, 9.17) is 11.6 Å². The zero-order chi connectivity index (χ0) is 22.0. The number of ketones is 1. The van der Waals surface area contributed by atoms with Gasteiger partial charge in [-0.05, 0) is 48.4 Å². The molecule has 0 aliphatic carbocycles. The molecule has 4 rings (SSSR count). The maximum absolute atomic E-state index is 13.0. The molecular weight excluding hydrogens is 482 g/mol. The van der Waals surface area contributed by atoms with Crippen LogP contribution in [0.25, 0.3) is 5.76 Å². The lowest BCUT2D eigenvalue weighted by molar-refractivity contribution is -0.139. The Morgan fingerprint density at radius 1 is 1.13 bits per heavy atom. The second-order valence-electron chi connectivity index (χ2n) is 7.21. The highest BCUT2D eigenvalue weighted by atomic mass is 79.9. The van der Waals surface area contributed by atoms with Gasteiger partial charge in [0.15, 0.2) is 0 Å². The third-order valence-corrected chi connectivity index (χ3v) is 5.94. The van der Waals surface area contributed by atoms with Crippen LogP contribution < -0.4 is 0 Å². The van der Waals surface area contributed by atoms with Crippen molar-refractivity contribution in [1.29, 1.82) is 0 Å². The molecule has 3 aromatic rings. The number of halogens is 2. The Hall–Kier alpha value is -2.90. The van der Waals surface area contributed by atoms with Gasteiger partial charge < -0.3 is 14.6 Å². The van der Waals surface area contributed by atoms with Crippen LogP contribution >= 0.6 is 27.5 Å². The van der Waals surface area contributed by atoms with Gasteiger partial charge in [-0.15, -0.1) is 0 Å². The highest BCUT2D eigenvalue weighted by molar-refractivity contribution is 9.10. The van der Waals surface area contributed by atoms with Crippen LogP contribution in [0, 0.1) is 0 Å². The van der Waals surface area contributed by atoms with Gasteiger partial charge in [0.25, 0.3) is 11.7 Å². The van der Waals surface area contributed by atoms with Crippen molar-refractivity contribution in [3.63, 3.8) is 0 Å². The summed E-state index contributed by atoms with van der Waals surface area (Å²) >= 11 is 9.41. The van der Waals surface area contributed by atoms with Crippen molar-refractivity contribution in [3.8, 4) is 0 Å². The Balaban J connectivity index is 1.73. The molecule has 2 aromatic carbocycles. The van der Waals surface area contributed by atoms with Crippen molar-refractivity contribution in [2.45, 2.75) is 19.0 Å². The molecule has 1 fully saturated rings. The Kier molecular flexibility index (Phi) is 6.25. The summed E-state index contributed by atoms with van der Waals surface area (Å²) in [6.45, 7) is 1.02. The van der Waals surface area contributed by atoms with Gasteiger partial charge in [0.2, 0.25) is 0 Å². The third-order valence-electron chi connectivity index (χ3n) is 5.20. The third kappa shape index (κ3) is 4.43. The number of carbonyl (C=O) groups is 2. The predicted octanol–water partition coefficient (Wildman–Crippen LogP) is 4.81. The van der Waals surface area contributed by atoms with Crippen LogP contribution in [0.3, 0.4) is 0 Å². The molecule has 0 unspecified atom stereocenters. The number of aryl methyl sites for hydroxylation is 1. The Morgan fingerprint density at radius 2 is 1.90 bits per heavy atom. The molecule has 1 aliphatic rings. The summed E-state index contributed by atoms with van der Waals surface area (Å²) in [7, 11) is 0. The molecule has 1 aliphatic heterocycles. The van der Waals surface area contributed by atoms with Crippen molar-refractivity contribution < 1.29 is 14.7 Å². The number of hydrogen-bond acceptors (Lipinski definition) is 4. The highest BCUT2D eigenvalue weighted by Crippen LogP contribution is 2.40. The summed E-state index contributed by atoms with van der Waals surface area (Å²) < 4.78 is 2.73. The number of aromatic nitrogens is 2. The number of likely N-dealkylation sites (tertiary alicyclic amines) is 1. The van der Waals surface area contributed by atoms with Crippen molar-refractivity contribution >= 4 is 45.0 Å². The van der Waals surface area contributed by atoms with Crippen LogP contribution in [0.2, 0.25) is 5.02 Å². The molecule has 1 aromatic heterocycles. The van der Waals surface area contributed by atoms with Gasteiger partial charge in [-0.25, -0.2) is 4.98 Å². The molecule has 2 heterocycles. The van der Waals surface area contributed by atoms with Gasteiger partial charge in [-0.2, -0.15) is 0 Å². The number of Topliss-reactive ketones (excluding diaryl/α,β-unsaturated/α-hetero) is 1. The van der Waals surface area contributed by atoms with E-state index in [1.165, 1.54) is 4.90 Å². The van der Waals surface area contributed by atoms with E-state index in [1.54, 1.807) is 36.8 Å². The van der Waals surface area contributed by atoms with E-state index in [-0.39, 0.29) is 11.3 Å². The number of carbonyl (C=O) groups excluding carboxylic acids is 2. The number of benzene rings is 2. The van der Waals surface area contributed by atoms with E-state index < -0.39 is 17.7 Å². The van der Waals surface area contributed by atoms with Gasteiger partial charge in [0, 0.05) is 40.5 Å². The quantitative estimate of drug-likeness (QED) is 0.299. The molecule has 1 atom stereocenters. The molecule has 0 radical (unpaired) electrons. The Labute approximate surface area is 192 Å². The number of rotatable bonds is 6. The zero-order valence-corrected chi connectivity index (χ0v) is 18.8. The molecule has 31 heavy (non-hydrogen) atoms. The molecule has 1 saturated heterocycles. The van der Waals surface area contributed by atoms with Crippen LogP contribution in [0.4, 0.5) is 0 Å². The number of amides is 1. The Bertz CT molecular complexity index is 1140. The predicted molar refractivity (Wildman–Crippen MR) is 121 cm³/mol. The number of imidazole rings is 1. The van der Waals surface area contributed by atoms with Gasteiger partial charge in [0.05, 0.1) is 17.9 Å². The second-order valence-corrected chi connectivity index (χ2v) is 8.56. The first-order chi connectivity index (χ1) is 15.0. The molecule has 0 bridgehead atoms. The van der Waals surface area contributed by atoms with E-state index in [1.807, 2.05) is 35.0 Å². The average Bonchev–Trinajstić information content (AvgIpc) is 3.36. The molecule has 6 nitrogen and oxygen atoms in total. The van der Waals surface area contributed by atoms with Crippen molar-refractivity contribution in [2.24, 2.45) is 0 Å². The van der Waals surface area contributed by atoms with Gasteiger partial charge in [-0.1, -0.05) is 39.7 Å². The minimum atomic E-state index is -0.694. The van der Waals surface area contributed by atoms with E-state index in [2.05, 4.69) is 20.9 Å². The highest BCUT2D eigenvalue weighted by Gasteiger charge is 2.45. The van der Waals surface area contributed by atoms with Crippen molar-refractivity contribution in [1.82, 2.24) is 14.5 Å². The van der Waals surface area contributed by atoms with Crippen LogP contribution in [0.15, 0.2) is 77.3 Å². The van der Waals surface area contributed by atoms with Gasteiger partial charge >= 0.3 is 0 Å². The fraction of sp³-hybridized carbons (Fsp3) is 0.174. The monoisotopic (exact) mass is 499 g/mol. The first-order valence-electron chi connectivity index (χ1n) is 9.71. The van der Waals surface area contributed by atoms with Gasteiger partial charge in [-0.3, -0.25) is 9.59 Å². The lowest BCUT2D eigenvalue weighted by atomic mass is 9.95. The molecule has 0 saturated carbocycles. The van der Waals surface area contributed by atoms with Crippen molar-refractivity contribution in [2.75, 3.05) is 6.54 Å². The molecule has 8 heteroatoms. The van der Waals surface area contributed by atoms with E-state index in [0.717, 1.165) is 10.0 Å². The van der Waals surface area contributed by atoms with Gasteiger partial charge in [0.1, 0.15) is 5.76 Å². The van der Waals surface area contributed by atoms with Crippen LogP contribution in [-0.4, -0.2) is 37.8 Å². The normalized spacial score (nSPS) is 18.0. The van der Waals surface area contributed by atoms with Crippen LogP contribution in [0.1, 0.15) is 23.6 Å². The summed E-state index contributed by atoms with van der Waals surface area (Å²) in [5, 5.41) is 11.5. The molecule has 158 valence electrons. The standard InChI is InChI=1S/C23H19BrClN3O3/c24-17-4-1-3-16(13-17)20-19(21(29)15-5-7-18(25)8-6-15)22(30)23(31)28(20)11-2-10-27-12-9-26-14-27/h1,3-9,12-14,20,29H,2,10-11H2/b21-19+/t20-/m0/s1. The van der Waals surface area contributed by atoms with E-state index in [0.29, 0.717) is 30.1 Å². The maximum atomic E-state index is 13.0. The fourth-order valence-electron chi connectivity index (χ4n) is 3.74. The summed E-state index contributed by atoms with van der Waals surface area (Å²) in [6.07, 6.45) is 5.88. The number of aliphatic hydroxyl groups is 1. The summed E-state index contributed by atoms with van der Waals surface area (Å²) in [4.78, 5) is 31.5. The maximum Gasteiger partial charge on any atom is 0.295 e. The largest absolute Gasteiger partial charge is 0.507 e. The van der Waals surface area contributed by atoms with E-state index in [9.17, 15) is 14.7 Å². The first kappa shape index (κ1) is 21.3. The summed E-state index contributed by atoms with van der Waals surface area (Å²) in [6, 6.07) is 13.2. The summed E-state index contributed by atoms with van der Waals surface area (Å²) in [5.41, 5.74) is 1.25. The minimum Gasteiger partial charge on any atom is -0.507 e. The fourth-order valence-corrected chi connectivity index (χ4v) is 4.28. The Morgan fingerprint density at radius 3 is 2.58 bits per heavy atom. The minimum absolute atomic E-state index is 0.0769. The lowest BCUT2D eigenvalue weighted by Gasteiger charge is -2.25. The van der Waals surface area contributed by atoms with Crippen molar-refractivity contribution in [3.05, 3.63) is 93.4 Å². The van der Waals surface area contributed by atoms with Crippen LogP contribution in [0.5, 0.6) is 0 Å². The topological polar surface area (TPSA) is 75.4 Å². The molecule has 0 spiro atoms. The molecule has 1 N–H and O–H groups in total. The summed E-state index contributed by atoms with van der Waals surface area (Å²) in [5.74, 6) is -1.52. The number of nitrogens with zero attached hydrogens (tertiary/aromatic N) is 3. The number of hydrogen-bond donors (Lipinski definition) is 1. The number of aliphatic hydroxyl groups excluding tert-OH is 1. The average molecular weight is 501 g/mol. The lowest BCUT2D eigenvalue weighted by Crippen LogP contribution is -2.31. The zero-order valence-electron chi connectivity index (χ0n) is 16.4. The van der Waals surface area contributed by atoms with E-state index >= 15 is 0 Å². The SMILES string of the molecule is O=C1C(=O)N(CCCn2ccnc2)[C@@H](c2cccc(Br)c2)/C1=C(\O)c1ccc(Cl)cc1. The second kappa shape index (κ2) is 9.08. The molecule has 1 amide bonds.